The predicted molar refractivity (Wildman–Crippen MR) is 88.4 cm³/mol. The molecular formula is C15H21ClN4O2. The Hall–Kier alpha value is -1.79. The minimum absolute atomic E-state index is 0. The second-order valence-electron chi connectivity index (χ2n) is 5.60. The zero-order valence-corrected chi connectivity index (χ0v) is 13.5. The van der Waals surface area contributed by atoms with Gasteiger partial charge in [-0.05, 0) is 26.0 Å². The summed E-state index contributed by atoms with van der Waals surface area (Å²) in [5, 5.41) is 3.35. The van der Waals surface area contributed by atoms with Crippen molar-refractivity contribution in [1.82, 2.24) is 19.8 Å². The van der Waals surface area contributed by atoms with Gasteiger partial charge in [-0.15, -0.1) is 12.4 Å². The number of carbonyl (C=O) groups excluding carboxylic acids is 1. The second-order valence-corrected chi connectivity index (χ2v) is 5.60. The summed E-state index contributed by atoms with van der Waals surface area (Å²) < 4.78 is 1.51. The lowest BCUT2D eigenvalue weighted by atomic mass is 10.1. The highest BCUT2D eigenvalue weighted by molar-refractivity contribution is 5.85. The van der Waals surface area contributed by atoms with Gasteiger partial charge >= 0.3 is 5.69 Å². The number of halogens is 1. The molecule has 1 aliphatic rings. The molecule has 0 aliphatic carbocycles. The largest absolute Gasteiger partial charge is 0.336 e. The molecule has 0 saturated carbocycles. The molecule has 120 valence electrons. The van der Waals surface area contributed by atoms with E-state index in [0.29, 0.717) is 6.54 Å². The highest BCUT2D eigenvalue weighted by Gasteiger charge is 2.28. The molecule has 3 rings (SSSR count). The Morgan fingerprint density at radius 1 is 1.32 bits per heavy atom. The van der Waals surface area contributed by atoms with Crippen molar-refractivity contribution in [2.24, 2.45) is 0 Å². The van der Waals surface area contributed by atoms with Crippen molar-refractivity contribution < 1.29 is 4.79 Å². The van der Waals surface area contributed by atoms with Crippen LogP contribution in [0, 0.1) is 0 Å². The van der Waals surface area contributed by atoms with E-state index in [0.717, 1.165) is 17.6 Å². The first kappa shape index (κ1) is 16.6. The van der Waals surface area contributed by atoms with Crippen molar-refractivity contribution in [3.05, 3.63) is 34.7 Å². The normalized spacial score (nSPS) is 21.6. The van der Waals surface area contributed by atoms with Gasteiger partial charge in [-0.25, -0.2) is 4.79 Å². The third-order valence-corrected chi connectivity index (χ3v) is 4.33. The van der Waals surface area contributed by atoms with E-state index in [4.69, 9.17) is 0 Å². The molecule has 1 aromatic heterocycles. The van der Waals surface area contributed by atoms with Crippen LogP contribution in [0.3, 0.4) is 0 Å². The van der Waals surface area contributed by atoms with Crippen LogP contribution in [0.5, 0.6) is 0 Å². The predicted octanol–water partition coefficient (Wildman–Crippen LogP) is 0.960. The molecule has 1 aromatic carbocycles. The summed E-state index contributed by atoms with van der Waals surface area (Å²) in [4.78, 5) is 29.2. The maximum atomic E-state index is 12.5. The van der Waals surface area contributed by atoms with Gasteiger partial charge in [-0.3, -0.25) is 9.36 Å². The molecule has 2 N–H and O–H groups in total. The van der Waals surface area contributed by atoms with Gasteiger partial charge in [0, 0.05) is 25.2 Å². The summed E-state index contributed by atoms with van der Waals surface area (Å²) >= 11 is 0. The highest BCUT2D eigenvalue weighted by atomic mass is 35.5. The van der Waals surface area contributed by atoms with Gasteiger partial charge in [0.2, 0.25) is 5.91 Å². The van der Waals surface area contributed by atoms with E-state index in [-0.39, 0.29) is 42.6 Å². The lowest BCUT2D eigenvalue weighted by Gasteiger charge is -2.38. The lowest BCUT2D eigenvalue weighted by molar-refractivity contribution is -0.135. The number of aromatic amines is 1. The molecule has 2 atom stereocenters. The number of benzene rings is 1. The van der Waals surface area contributed by atoms with Crippen molar-refractivity contribution in [3.63, 3.8) is 0 Å². The van der Waals surface area contributed by atoms with Crippen molar-refractivity contribution in [2.45, 2.75) is 32.5 Å². The molecule has 0 radical (unpaired) electrons. The number of para-hydroxylation sites is 2. The molecule has 2 unspecified atom stereocenters. The van der Waals surface area contributed by atoms with Crippen molar-refractivity contribution in [1.29, 1.82) is 0 Å². The quantitative estimate of drug-likeness (QED) is 0.864. The van der Waals surface area contributed by atoms with Crippen LogP contribution in [0.2, 0.25) is 0 Å². The van der Waals surface area contributed by atoms with E-state index >= 15 is 0 Å². The third-order valence-electron chi connectivity index (χ3n) is 4.33. The lowest BCUT2D eigenvalue weighted by Crippen LogP contribution is -2.57. The number of amides is 1. The first-order valence-corrected chi connectivity index (χ1v) is 7.28. The number of carbonyl (C=O) groups is 1. The Labute approximate surface area is 134 Å². The Morgan fingerprint density at radius 3 is 2.82 bits per heavy atom. The van der Waals surface area contributed by atoms with Crippen LogP contribution in [-0.4, -0.2) is 45.5 Å². The summed E-state index contributed by atoms with van der Waals surface area (Å²) in [6.45, 7) is 5.66. The Kier molecular flexibility index (Phi) is 4.93. The average molecular weight is 325 g/mol. The topological polar surface area (TPSA) is 70.1 Å². The molecular weight excluding hydrogens is 304 g/mol. The number of aromatic nitrogens is 2. The molecule has 22 heavy (non-hydrogen) atoms. The van der Waals surface area contributed by atoms with Crippen LogP contribution in [0.4, 0.5) is 0 Å². The molecule has 0 spiro atoms. The molecule has 7 heteroatoms. The SMILES string of the molecule is CC1NCCN(C(=O)Cn2c(=O)[nH]c3ccccc32)C1C.Cl. The van der Waals surface area contributed by atoms with Crippen molar-refractivity contribution in [2.75, 3.05) is 13.1 Å². The number of rotatable bonds is 2. The van der Waals surface area contributed by atoms with E-state index in [1.165, 1.54) is 4.57 Å². The second kappa shape index (κ2) is 6.54. The first-order chi connectivity index (χ1) is 10.1. The molecule has 2 aromatic rings. The number of imidazole rings is 1. The fourth-order valence-electron chi connectivity index (χ4n) is 2.90. The van der Waals surface area contributed by atoms with Crippen LogP contribution in [-0.2, 0) is 11.3 Å². The molecule has 6 nitrogen and oxygen atoms in total. The standard InChI is InChI=1S/C15H20N4O2.ClH/c1-10-11(2)18(8-7-16-10)14(20)9-19-13-6-4-3-5-12(13)17-15(19)21;/h3-6,10-11,16H,7-9H2,1-2H3,(H,17,21);1H. The Morgan fingerprint density at radius 2 is 2.05 bits per heavy atom. The van der Waals surface area contributed by atoms with Crippen LogP contribution in [0.15, 0.2) is 29.1 Å². The van der Waals surface area contributed by atoms with Crippen LogP contribution in [0.1, 0.15) is 13.8 Å². The molecule has 1 saturated heterocycles. The molecule has 0 bridgehead atoms. The minimum Gasteiger partial charge on any atom is -0.336 e. The van der Waals surface area contributed by atoms with Gasteiger partial charge in [0.25, 0.3) is 0 Å². The summed E-state index contributed by atoms with van der Waals surface area (Å²) in [6, 6.07) is 7.82. The van der Waals surface area contributed by atoms with E-state index in [2.05, 4.69) is 17.2 Å². The van der Waals surface area contributed by atoms with Gasteiger partial charge in [0.1, 0.15) is 6.54 Å². The summed E-state index contributed by atoms with van der Waals surface area (Å²) in [7, 11) is 0. The number of hydrogen-bond donors (Lipinski definition) is 2. The highest BCUT2D eigenvalue weighted by Crippen LogP contribution is 2.12. The van der Waals surface area contributed by atoms with Crippen LogP contribution < -0.4 is 11.0 Å². The number of nitrogens with one attached hydrogen (secondary N) is 2. The molecule has 2 heterocycles. The summed E-state index contributed by atoms with van der Waals surface area (Å²) in [5.41, 5.74) is 1.30. The van der Waals surface area contributed by atoms with Gasteiger partial charge in [0.15, 0.2) is 0 Å². The van der Waals surface area contributed by atoms with E-state index in [9.17, 15) is 9.59 Å². The minimum atomic E-state index is -0.236. The zero-order valence-electron chi connectivity index (χ0n) is 12.7. The van der Waals surface area contributed by atoms with Crippen molar-refractivity contribution in [3.8, 4) is 0 Å². The average Bonchev–Trinajstić information content (AvgIpc) is 2.78. The molecule has 1 amide bonds. The van der Waals surface area contributed by atoms with Crippen LogP contribution in [0.25, 0.3) is 11.0 Å². The first-order valence-electron chi connectivity index (χ1n) is 7.28. The smallest absolute Gasteiger partial charge is 0.326 e. The van der Waals surface area contributed by atoms with Gasteiger partial charge in [0.05, 0.1) is 11.0 Å². The maximum absolute atomic E-state index is 12.5. The zero-order chi connectivity index (χ0) is 15.0. The fourth-order valence-corrected chi connectivity index (χ4v) is 2.90. The summed E-state index contributed by atoms with van der Waals surface area (Å²) in [6.07, 6.45) is 0. The maximum Gasteiger partial charge on any atom is 0.326 e. The fraction of sp³-hybridized carbons (Fsp3) is 0.467. The van der Waals surface area contributed by atoms with Gasteiger partial charge < -0.3 is 15.2 Å². The Bertz CT molecular complexity index is 724. The Balaban J connectivity index is 0.00000176. The molecule has 1 aliphatic heterocycles. The van der Waals surface area contributed by atoms with Gasteiger partial charge in [-0.1, -0.05) is 12.1 Å². The summed E-state index contributed by atoms with van der Waals surface area (Å²) in [5.74, 6) is -0.0114. The van der Waals surface area contributed by atoms with E-state index < -0.39 is 0 Å². The molecule has 1 fully saturated rings. The number of H-pyrrole nitrogens is 1. The van der Waals surface area contributed by atoms with E-state index in [1.54, 1.807) is 0 Å². The van der Waals surface area contributed by atoms with Crippen LogP contribution >= 0.6 is 12.4 Å². The monoisotopic (exact) mass is 324 g/mol. The van der Waals surface area contributed by atoms with Gasteiger partial charge in [-0.2, -0.15) is 0 Å². The number of piperazine rings is 1. The van der Waals surface area contributed by atoms with Crippen molar-refractivity contribution >= 4 is 29.3 Å². The third kappa shape index (κ3) is 2.89. The van der Waals surface area contributed by atoms with E-state index in [1.807, 2.05) is 36.1 Å². The number of nitrogens with zero attached hydrogens (tertiary/aromatic N) is 2. The number of fused-ring (bicyclic) bond motifs is 1. The number of hydrogen-bond acceptors (Lipinski definition) is 3.